The van der Waals surface area contributed by atoms with Crippen molar-refractivity contribution in [3.05, 3.63) is 24.2 Å². The number of hydrogen-bond donors (Lipinski definition) is 2. The highest BCUT2D eigenvalue weighted by Crippen LogP contribution is 2.21. The lowest BCUT2D eigenvalue weighted by Gasteiger charge is -2.13. The van der Waals surface area contributed by atoms with Gasteiger partial charge in [0, 0.05) is 31.5 Å². The summed E-state index contributed by atoms with van der Waals surface area (Å²) in [5.74, 6) is -1.48. The second-order valence-corrected chi connectivity index (χ2v) is 5.30. The number of hydrogen-bond acceptors (Lipinski definition) is 4. The Bertz CT molecular complexity index is 704. The third-order valence-electron chi connectivity index (χ3n) is 3.48. The van der Waals surface area contributed by atoms with Crippen molar-refractivity contribution >= 4 is 11.9 Å². The van der Waals surface area contributed by atoms with Crippen molar-refractivity contribution in [3.8, 4) is 11.3 Å². The van der Waals surface area contributed by atoms with Gasteiger partial charge in [-0.1, -0.05) is 13.3 Å². The molecule has 8 nitrogen and oxygen atoms in total. The summed E-state index contributed by atoms with van der Waals surface area (Å²) in [6, 6.07) is -0.904. The highest BCUT2D eigenvalue weighted by Gasteiger charge is 2.24. The number of carbonyl (C=O) groups is 2. The maximum atomic E-state index is 12.5. The van der Waals surface area contributed by atoms with Crippen LogP contribution in [0, 0.1) is 0 Å². The van der Waals surface area contributed by atoms with Crippen LogP contribution < -0.4 is 5.32 Å². The zero-order valence-corrected chi connectivity index (χ0v) is 13.5. The molecule has 0 radical (unpaired) electrons. The molecule has 1 unspecified atom stereocenters. The largest absolute Gasteiger partial charge is 0.480 e. The van der Waals surface area contributed by atoms with Gasteiger partial charge in [-0.15, -0.1) is 0 Å². The van der Waals surface area contributed by atoms with Crippen molar-refractivity contribution in [2.24, 2.45) is 7.05 Å². The Balaban J connectivity index is 2.28. The minimum Gasteiger partial charge on any atom is -0.480 e. The van der Waals surface area contributed by atoms with Crippen LogP contribution in [0.5, 0.6) is 0 Å². The summed E-state index contributed by atoms with van der Waals surface area (Å²) in [5.41, 5.74) is 1.55. The van der Waals surface area contributed by atoms with E-state index in [2.05, 4.69) is 15.5 Å². The first-order valence-electron chi connectivity index (χ1n) is 7.56. The smallest absolute Gasteiger partial charge is 0.326 e. The van der Waals surface area contributed by atoms with Crippen LogP contribution in [0.3, 0.4) is 0 Å². The van der Waals surface area contributed by atoms with Crippen LogP contribution in [0.25, 0.3) is 11.3 Å². The molecule has 0 aliphatic carbocycles. The number of aliphatic carboxylic acids is 1. The summed E-state index contributed by atoms with van der Waals surface area (Å²) in [6.07, 6.45) is 6.08. The monoisotopic (exact) mass is 319 g/mol. The molecule has 124 valence electrons. The van der Waals surface area contributed by atoms with E-state index in [1.807, 2.05) is 13.8 Å². The Morgan fingerprint density at radius 1 is 1.35 bits per heavy atom. The Morgan fingerprint density at radius 3 is 2.65 bits per heavy atom. The lowest BCUT2D eigenvalue weighted by atomic mass is 10.1. The number of amides is 1. The summed E-state index contributed by atoms with van der Waals surface area (Å²) < 4.78 is 3.27. The number of carboxylic acid groups (broad SMARTS) is 1. The molecule has 0 aliphatic heterocycles. The topological polar surface area (TPSA) is 102 Å². The third kappa shape index (κ3) is 3.77. The van der Waals surface area contributed by atoms with Crippen LogP contribution in [-0.4, -0.2) is 42.6 Å². The Labute approximate surface area is 134 Å². The third-order valence-corrected chi connectivity index (χ3v) is 3.48. The van der Waals surface area contributed by atoms with E-state index >= 15 is 0 Å². The lowest BCUT2D eigenvalue weighted by Crippen LogP contribution is -2.40. The predicted molar refractivity (Wildman–Crippen MR) is 83.9 cm³/mol. The van der Waals surface area contributed by atoms with Crippen LogP contribution in [0.15, 0.2) is 18.6 Å². The number of rotatable bonds is 7. The van der Waals surface area contributed by atoms with Gasteiger partial charge in [-0.3, -0.25) is 14.2 Å². The molecule has 0 aliphatic rings. The molecule has 2 aromatic heterocycles. The number of aromatic nitrogens is 4. The molecule has 2 heterocycles. The molecule has 2 aromatic rings. The standard InChI is InChI=1S/C15H21N5O3/c1-4-6-12(15(22)23)17-14(21)11-9-19(3)18-13(11)10-7-16-20(5-2)8-10/h7-9,12H,4-6H2,1-3H3,(H,17,21)(H,22,23). The van der Waals surface area contributed by atoms with E-state index < -0.39 is 17.9 Å². The SMILES string of the molecule is CCCC(NC(=O)c1cn(C)nc1-c1cnn(CC)c1)C(=O)O. The van der Waals surface area contributed by atoms with Gasteiger partial charge in [0.15, 0.2) is 0 Å². The Morgan fingerprint density at radius 2 is 2.09 bits per heavy atom. The zero-order valence-electron chi connectivity index (χ0n) is 13.5. The fraction of sp³-hybridized carbons (Fsp3) is 0.467. The highest BCUT2D eigenvalue weighted by atomic mass is 16.4. The van der Waals surface area contributed by atoms with Gasteiger partial charge in [0.25, 0.3) is 5.91 Å². The average molecular weight is 319 g/mol. The van der Waals surface area contributed by atoms with Crippen molar-refractivity contribution in [1.82, 2.24) is 24.9 Å². The van der Waals surface area contributed by atoms with E-state index in [-0.39, 0.29) is 0 Å². The van der Waals surface area contributed by atoms with E-state index in [0.717, 1.165) is 5.56 Å². The van der Waals surface area contributed by atoms with E-state index in [1.165, 1.54) is 4.68 Å². The quantitative estimate of drug-likeness (QED) is 0.800. The summed E-state index contributed by atoms with van der Waals surface area (Å²) in [7, 11) is 1.71. The molecule has 2 rings (SSSR count). The summed E-state index contributed by atoms with van der Waals surface area (Å²) in [4.78, 5) is 23.7. The second kappa shape index (κ2) is 7.08. The zero-order chi connectivity index (χ0) is 17.0. The molecule has 0 saturated carbocycles. The number of carbonyl (C=O) groups excluding carboxylic acids is 1. The van der Waals surface area contributed by atoms with Gasteiger partial charge in [-0.2, -0.15) is 10.2 Å². The first kappa shape index (κ1) is 16.7. The van der Waals surface area contributed by atoms with Gasteiger partial charge in [0.1, 0.15) is 11.7 Å². The molecule has 23 heavy (non-hydrogen) atoms. The maximum absolute atomic E-state index is 12.5. The normalized spacial score (nSPS) is 12.1. The highest BCUT2D eigenvalue weighted by molar-refractivity contribution is 6.01. The number of carboxylic acids is 1. The Kier molecular flexibility index (Phi) is 5.15. The van der Waals surface area contributed by atoms with Crippen LogP contribution in [0.1, 0.15) is 37.0 Å². The minimum atomic E-state index is -1.04. The molecule has 0 fully saturated rings. The van der Waals surface area contributed by atoms with Crippen LogP contribution in [0.2, 0.25) is 0 Å². The summed E-state index contributed by atoms with van der Waals surface area (Å²) in [6.45, 7) is 4.55. The first-order valence-corrected chi connectivity index (χ1v) is 7.56. The maximum Gasteiger partial charge on any atom is 0.326 e. The van der Waals surface area contributed by atoms with Crippen molar-refractivity contribution in [2.75, 3.05) is 0 Å². The molecule has 1 atom stereocenters. The van der Waals surface area contributed by atoms with Gasteiger partial charge in [-0.05, 0) is 13.3 Å². The van der Waals surface area contributed by atoms with E-state index in [1.54, 1.807) is 30.3 Å². The van der Waals surface area contributed by atoms with E-state index in [9.17, 15) is 14.7 Å². The molecule has 8 heteroatoms. The van der Waals surface area contributed by atoms with E-state index in [4.69, 9.17) is 0 Å². The molecule has 0 aromatic carbocycles. The van der Waals surface area contributed by atoms with Crippen molar-refractivity contribution in [3.63, 3.8) is 0 Å². The van der Waals surface area contributed by atoms with Gasteiger partial charge >= 0.3 is 5.97 Å². The molecule has 1 amide bonds. The molecular formula is C15H21N5O3. The lowest BCUT2D eigenvalue weighted by molar-refractivity contribution is -0.139. The molecule has 0 spiro atoms. The number of aryl methyl sites for hydroxylation is 2. The summed E-state index contributed by atoms with van der Waals surface area (Å²) in [5, 5.41) is 20.2. The van der Waals surface area contributed by atoms with Gasteiger partial charge in [-0.25, -0.2) is 4.79 Å². The number of nitrogens with zero attached hydrogens (tertiary/aromatic N) is 4. The van der Waals surface area contributed by atoms with Crippen molar-refractivity contribution in [2.45, 2.75) is 39.3 Å². The van der Waals surface area contributed by atoms with Crippen molar-refractivity contribution < 1.29 is 14.7 Å². The summed E-state index contributed by atoms with van der Waals surface area (Å²) >= 11 is 0. The predicted octanol–water partition coefficient (Wildman–Crippen LogP) is 1.29. The average Bonchev–Trinajstić information content (AvgIpc) is 3.12. The fourth-order valence-electron chi connectivity index (χ4n) is 2.31. The Hall–Kier alpha value is -2.64. The number of nitrogens with one attached hydrogen (secondary N) is 1. The molecule has 0 bridgehead atoms. The minimum absolute atomic E-state index is 0.338. The fourth-order valence-corrected chi connectivity index (χ4v) is 2.31. The van der Waals surface area contributed by atoms with Crippen LogP contribution >= 0.6 is 0 Å². The van der Waals surface area contributed by atoms with Crippen LogP contribution in [0.4, 0.5) is 0 Å². The van der Waals surface area contributed by atoms with Crippen LogP contribution in [-0.2, 0) is 18.4 Å². The molecule has 0 saturated heterocycles. The molecule has 2 N–H and O–H groups in total. The molecular weight excluding hydrogens is 298 g/mol. The first-order chi connectivity index (χ1) is 11.0. The second-order valence-electron chi connectivity index (χ2n) is 5.30. The van der Waals surface area contributed by atoms with Crippen molar-refractivity contribution in [1.29, 1.82) is 0 Å². The van der Waals surface area contributed by atoms with Gasteiger partial charge in [0.05, 0.1) is 11.8 Å². The van der Waals surface area contributed by atoms with E-state index in [0.29, 0.717) is 30.6 Å². The van der Waals surface area contributed by atoms with Gasteiger partial charge < -0.3 is 10.4 Å². The van der Waals surface area contributed by atoms with Gasteiger partial charge in [0.2, 0.25) is 0 Å².